The molecule has 0 aliphatic carbocycles. The summed E-state index contributed by atoms with van der Waals surface area (Å²) in [6.07, 6.45) is 2.26. The zero-order valence-electron chi connectivity index (χ0n) is 12.5. The monoisotopic (exact) mass is 301 g/mol. The maximum Gasteiger partial charge on any atom is 0.0794 e. The van der Waals surface area contributed by atoms with E-state index in [4.69, 9.17) is 0 Å². The maximum absolute atomic E-state index is 4.40. The van der Waals surface area contributed by atoms with Crippen LogP contribution in [0, 0.1) is 0 Å². The van der Waals surface area contributed by atoms with Crippen molar-refractivity contribution in [3.8, 4) is 0 Å². The fourth-order valence-corrected chi connectivity index (χ4v) is 3.65. The van der Waals surface area contributed by atoms with Crippen molar-refractivity contribution in [2.45, 2.75) is 31.8 Å². The Hall–Kier alpha value is -1.23. The van der Waals surface area contributed by atoms with Gasteiger partial charge in [-0.1, -0.05) is 37.3 Å². The van der Waals surface area contributed by atoms with Crippen LogP contribution in [0.25, 0.3) is 0 Å². The van der Waals surface area contributed by atoms with E-state index in [9.17, 15) is 0 Å². The van der Waals surface area contributed by atoms with Crippen molar-refractivity contribution in [2.75, 3.05) is 19.6 Å². The van der Waals surface area contributed by atoms with Crippen molar-refractivity contribution in [1.29, 1.82) is 0 Å². The number of thiazole rings is 1. The Balaban J connectivity index is 1.64. The van der Waals surface area contributed by atoms with E-state index in [1.54, 1.807) is 11.3 Å². The normalized spacial score (nSPS) is 23.3. The molecule has 1 aromatic carbocycles. The van der Waals surface area contributed by atoms with Crippen LogP contribution in [-0.2, 0) is 6.42 Å². The lowest BCUT2D eigenvalue weighted by Gasteiger charge is -2.40. The maximum atomic E-state index is 4.40. The Morgan fingerprint density at radius 1 is 1.33 bits per heavy atom. The first-order valence-electron chi connectivity index (χ1n) is 7.76. The van der Waals surface area contributed by atoms with E-state index in [0.717, 1.165) is 26.1 Å². The van der Waals surface area contributed by atoms with Crippen LogP contribution in [-0.4, -0.2) is 35.6 Å². The van der Waals surface area contributed by atoms with Crippen molar-refractivity contribution in [1.82, 2.24) is 15.2 Å². The second kappa shape index (κ2) is 7.16. The highest BCUT2D eigenvalue weighted by atomic mass is 32.1. The molecule has 1 aromatic heterocycles. The molecule has 2 heterocycles. The summed E-state index contributed by atoms with van der Waals surface area (Å²) in [5.74, 6) is 0. The molecular formula is C17H23N3S. The van der Waals surface area contributed by atoms with Gasteiger partial charge in [0.1, 0.15) is 0 Å². The summed E-state index contributed by atoms with van der Waals surface area (Å²) in [5, 5.41) is 5.87. The van der Waals surface area contributed by atoms with Crippen LogP contribution in [0.1, 0.15) is 30.6 Å². The number of hydrogen-bond donors (Lipinski definition) is 1. The van der Waals surface area contributed by atoms with Gasteiger partial charge in [-0.15, -0.1) is 11.3 Å². The van der Waals surface area contributed by atoms with Gasteiger partial charge in [-0.05, 0) is 12.0 Å². The molecule has 0 amide bonds. The van der Waals surface area contributed by atoms with Crippen molar-refractivity contribution >= 4 is 11.3 Å². The average molecular weight is 301 g/mol. The van der Waals surface area contributed by atoms with Gasteiger partial charge in [0.05, 0.1) is 11.2 Å². The zero-order chi connectivity index (χ0) is 14.5. The van der Waals surface area contributed by atoms with Gasteiger partial charge < -0.3 is 5.32 Å². The highest BCUT2D eigenvalue weighted by Crippen LogP contribution is 2.21. The Labute approximate surface area is 131 Å². The number of hydrogen-bond acceptors (Lipinski definition) is 4. The zero-order valence-corrected chi connectivity index (χ0v) is 13.4. The third kappa shape index (κ3) is 3.70. The second-order valence-electron chi connectivity index (χ2n) is 5.66. The Kier molecular flexibility index (Phi) is 5.01. The molecule has 3 rings (SSSR count). The van der Waals surface area contributed by atoms with Crippen LogP contribution in [0.2, 0.25) is 0 Å². The highest BCUT2D eigenvalue weighted by Gasteiger charge is 2.27. The number of rotatable bonds is 5. The molecule has 2 atom stereocenters. The predicted molar refractivity (Wildman–Crippen MR) is 88.7 cm³/mol. The van der Waals surface area contributed by atoms with Gasteiger partial charge in [0.2, 0.25) is 0 Å². The van der Waals surface area contributed by atoms with Gasteiger partial charge in [-0.2, -0.15) is 0 Å². The van der Waals surface area contributed by atoms with Crippen LogP contribution in [0.15, 0.2) is 41.2 Å². The summed E-state index contributed by atoms with van der Waals surface area (Å²) >= 11 is 1.69. The molecule has 3 nitrogen and oxygen atoms in total. The Morgan fingerprint density at radius 2 is 2.19 bits per heavy atom. The molecule has 112 valence electrons. The molecule has 1 saturated heterocycles. The number of nitrogens with zero attached hydrogens (tertiary/aromatic N) is 2. The van der Waals surface area contributed by atoms with E-state index in [-0.39, 0.29) is 0 Å². The fourth-order valence-electron chi connectivity index (χ4n) is 3.06. The molecule has 1 fully saturated rings. The molecule has 0 saturated carbocycles. The third-order valence-corrected chi connectivity index (χ3v) is 4.98. The van der Waals surface area contributed by atoms with Gasteiger partial charge in [-0.3, -0.25) is 4.90 Å². The van der Waals surface area contributed by atoms with E-state index >= 15 is 0 Å². The van der Waals surface area contributed by atoms with Gasteiger partial charge in [0, 0.05) is 43.5 Å². The van der Waals surface area contributed by atoms with E-state index in [1.165, 1.54) is 17.7 Å². The predicted octanol–water partition coefficient (Wildman–Crippen LogP) is 3.11. The lowest BCUT2D eigenvalue weighted by atomic mass is 10.0. The molecule has 0 radical (unpaired) electrons. The van der Waals surface area contributed by atoms with Crippen LogP contribution in [0.3, 0.4) is 0 Å². The first-order chi connectivity index (χ1) is 10.4. The van der Waals surface area contributed by atoms with Crippen LogP contribution in [0.4, 0.5) is 0 Å². The van der Waals surface area contributed by atoms with Crippen LogP contribution < -0.4 is 5.32 Å². The van der Waals surface area contributed by atoms with Crippen molar-refractivity contribution in [2.24, 2.45) is 0 Å². The molecule has 0 spiro atoms. The summed E-state index contributed by atoms with van der Waals surface area (Å²) in [7, 11) is 0. The first kappa shape index (κ1) is 14.7. The van der Waals surface area contributed by atoms with Crippen LogP contribution in [0.5, 0.6) is 0 Å². The van der Waals surface area contributed by atoms with E-state index in [1.807, 2.05) is 5.51 Å². The lowest BCUT2D eigenvalue weighted by Crippen LogP contribution is -2.52. The summed E-state index contributed by atoms with van der Waals surface area (Å²) in [4.78, 5) is 7.04. The Bertz CT molecular complexity index is 526. The second-order valence-corrected chi connectivity index (χ2v) is 6.38. The number of piperazine rings is 1. The molecule has 4 heteroatoms. The van der Waals surface area contributed by atoms with E-state index < -0.39 is 0 Å². The SMILES string of the molecule is CCC1CNC(c2ccccc2)CN1CCc1cscn1. The van der Waals surface area contributed by atoms with Crippen molar-refractivity contribution in [3.63, 3.8) is 0 Å². The minimum Gasteiger partial charge on any atom is -0.307 e. The minimum atomic E-state index is 0.449. The van der Waals surface area contributed by atoms with Crippen molar-refractivity contribution < 1.29 is 0 Å². The highest BCUT2D eigenvalue weighted by molar-refractivity contribution is 7.07. The van der Waals surface area contributed by atoms with Gasteiger partial charge in [0.15, 0.2) is 0 Å². The van der Waals surface area contributed by atoms with Crippen molar-refractivity contribution in [3.05, 3.63) is 52.5 Å². The molecular weight excluding hydrogens is 278 g/mol. The van der Waals surface area contributed by atoms with Crippen LogP contribution >= 0.6 is 11.3 Å². The summed E-state index contributed by atoms with van der Waals surface area (Å²) < 4.78 is 0. The molecule has 1 aliphatic heterocycles. The fraction of sp³-hybridized carbons (Fsp3) is 0.471. The number of nitrogens with one attached hydrogen (secondary N) is 1. The van der Waals surface area contributed by atoms with Gasteiger partial charge >= 0.3 is 0 Å². The summed E-state index contributed by atoms with van der Waals surface area (Å²) in [6, 6.07) is 11.9. The molecule has 2 unspecified atom stereocenters. The van der Waals surface area contributed by atoms with Gasteiger partial charge in [-0.25, -0.2) is 4.98 Å². The summed E-state index contributed by atoms with van der Waals surface area (Å²) in [6.45, 7) is 5.55. The minimum absolute atomic E-state index is 0.449. The largest absolute Gasteiger partial charge is 0.307 e. The topological polar surface area (TPSA) is 28.2 Å². The van der Waals surface area contributed by atoms with E-state index in [0.29, 0.717) is 12.1 Å². The molecule has 2 aromatic rings. The lowest BCUT2D eigenvalue weighted by molar-refractivity contribution is 0.128. The average Bonchev–Trinajstić information content (AvgIpc) is 3.07. The molecule has 1 aliphatic rings. The van der Waals surface area contributed by atoms with E-state index in [2.05, 4.69) is 57.8 Å². The molecule has 1 N–H and O–H groups in total. The number of benzene rings is 1. The third-order valence-electron chi connectivity index (χ3n) is 4.35. The first-order valence-corrected chi connectivity index (χ1v) is 8.70. The quantitative estimate of drug-likeness (QED) is 0.920. The number of aromatic nitrogens is 1. The molecule has 0 bridgehead atoms. The van der Waals surface area contributed by atoms with Gasteiger partial charge in [0.25, 0.3) is 0 Å². The standard InChI is InChI=1S/C17H23N3S/c1-2-16-10-18-17(14-6-4-3-5-7-14)11-20(16)9-8-15-12-21-13-19-15/h3-7,12-13,16-18H,2,8-11H2,1H3. The molecule has 21 heavy (non-hydrogen) atoms. The summed E-state index contributed by atoms with van der Waals surface area (Å²) in [5.41, 5.74) is 4.55. The Morgan fingerprint density at radius 3 is 2.90 bits per heavy atom. The smallest absolute Gasteiger partial charge is 0.0794 e.